The van der Waals surface area contributed by atoms with Crippen molar-refractivity contribution in [2.24, 2.45) is 17.6 Å². The van der Waals surface area contributed by atoms with Crippen LogP contribution in [-0.2, 0) is 16.0 Å². The summed E-state index contributed by atoms with van der Waals surface area (Å²) >= 11 is 0. The number of nitrogens with two attached hydrogens (primary N) is 1. The number of carbonyl (C=O) groups excluding carboxylic acids is 1. The van der Waals surface area contributed by atoms with Crippen molar-refractivity contribution in [1.29, 1.82) is 0 Å². The van der Waals surface area contributed by atoms with E-state index in [1.54, 1.807) is 14.2 Å². The van der Waals surface area contributed by atoms with E-state index in [0.717, 1.165) is 18.4 Å². The first-order chi connectivity index (χ1) is 15.0. The van der Waals surface area contributed by atoms with Crippen LogP contribution in [0.25, 0.3) is 0 Å². The molecular weight excluding hydrogens is 412 g/mol. The number of benzene rings is 1. The van der Waals surface area contributed by atoms with Crippen LogP contribution in [0.2, 0.25) is 0 Å². The molecule has 0 aromatic heterocycles. The molecular formula is C24H42N2O6. The van der Waals surface area contributed by atoms with Crippen LogP contribution in [0.3, 0.4) is 0 Å². The number of aliphatic hydroxyl groups excluding tert-OH is 1. The number of amides is 1. The van der Waals surface area contributed by atoms with E-state index in [1.807, 2.05) is 18.2 Å². The Labute approximate surface area is 192 Å². The summed E-state index contributed by atoms with van der Waals surface area (Å²) in [5, 5.41) is 22.7. The van der Waals surface area contributed by atoms with E-state index in [-0.39, 0.29) is 12.5 Å². The van der Waals surface area contributed by atoms with Gasteiger partial charge in [0.2, 0.25) is 0 Å². The fraction of sp³-hybridized carbons (Fsp3) is 0.708. The van der Waals surface area contributed by atoms with Gasteiger partial charge in [0, 0.05) is 32.7 Å². The van der Waals surface area contributed by atoms with Crippen LogP contribution >= 0.6 is 0 Å². The van der Waals surface area contributed by atoms with Crippen molar-refractivity contribution < 1.29 is 29.2 Å². The molecule has 8 heteroatoms. The number of methoxy groups -OCH3 is 2. The van der Waals surface area contributed by atoms with Crippen LogP contribution in [0, 0.1) is 11.8 Å². The maximum atomic E-state index is 11.8. The topological polar surface area (TPSA) is 123 Å². The van der Waals surface area contributed by atoms with Crippen LogP contribution in [0.15, 0.2) is 18.2 Å². The Bertz CT molecular complexity index is 690. The fourth-order valence-corrected chi connectivity index (χ4v) is 3.31. The number of ether oxygens (including phenoxy) is 3. The summed E-state index contributed by atoms with van der Waals surface area (Å²) in [6.45, 7) is 8.22. The number of aliphatic hydroxyl groups is 2. The summed E-state index contributed by atoms with van der Waals surface area (Å²) in [7, 11) is 3.28. The largest absolute Gasteiger partial charge is 0.493 e. The molecule has 0 bridgehead atoms. The molecule has 32 heavy (non-hydrogen) atoms. The minimum atomic E-state index is -1.50. The number of hydrogen-bond acceptors (Lipinski definition) is 7. The first kappa shape index (κ1) is 28.2. The Kier molecular flexibility index (Phi) is 12.0. The third-order valence-electron chi connectivity index (χ3n) is 5.52. The van der Waals surface area contributed by atoms with Gasteiger partial charge in [0.05, 0.1) is 19.8 Å². The van der Waals surface area contributed by atoms with Gasteiger partial charge in [-0.15, -0.1) is 0 Å². The van der Waals surface area contributed by atoms with Crippen LogP contribution in [0.5, 0.6) is 11.5 Å². The van der Waals surface area contributed by atoms with Crippen molar-refractivity contribution in [3.05, 3.63) is 23.8 Å². The summed E-state index contributed by atoms with van der Waals surface area (Å²) in [4.78, 5) is 11.8. The Morgan fingerprint density at radius 2 is 1.88 bits per heavy atom. The van der Waals surface area contributed by atoms with Gasteiger partial charge in [-0.05, 0) is 56.2 Å². The molecule has 5 N–H and O–H groups in total. The molecule has 0 saturated carbocycles. The quantitative estimate of drug-likeness (QED) is 0.298. The average molecular weight is 455 g/mol. The molecule has 0 radical (unpaired) electrons. The SMILES string of the molecule is COCCCOc1cc(C[C@@H](C[C@H](N)[C@@H](O)CNC(=O)C(C)(C)O)C(C)C)ccc1OC. The zero-order chi connectivity index (χ0) is 24.3. The second-order valence-corrected chi connectivity index (χ2v) is 9.12. The van der Waals surface area contributed by atoms with Gasteiger partial charge in [0.15, 0.2) is 11.5 Å². The van der Waals surface area contributed by atoms with Gasteiger partial charge in [-0.3, -0.25) is 4.79 Å². The van der Waals surface area contributed by atoms with Gasteiger partial charge in [-0.25, -0.2) is 0 Å². The molecule has 0 fully saturated rings. The molecule has 1 aromatic rings. The van der Waals surface area contributed by atoms with E-state index in [1.165, 1.54) is 13.8 Å². The molecule has 1 aromatic carbocycles. The number of hydrogen-bond donors (Lipinski definition) is 4. The Balaban J connectivity index is 2.76. The molecule has 0 heterocycles. The second kappa shape index (κ2) is 13.6. The van der Waals surface area contributed by atoms with Crippen molar-refractivity contribution in [3.8, 4) is 11.5 Å². The minimum absolute atomic E-state index is 0.00317. The highest BCUT2D eigenvalue weighted by Gasteiger charge is 2.27. The van der Waals surface area contributed by atoms with Gasteiger partial charge in [-0.2, -0.15) is 0 Å². The van der Waals surface area contributed by atoms with Crippen LogP contribution < -0.4 is 20.5 Å². The van der Waals surface area contributed by atoms with Gasteiger partial charge in [0.25, 0.3) is 5.91 Å². The molecule has 0 aliphatic rings. The predicted octanol–water partition coefficient (Wildman–Crippen LogP) is 1.89. The summed E-state index contributed by atoms with van der Waals surface area (Å²) in [6.07, 6.45) is 1.24. The number of rotatable bonds is 15. The molecule has 0 unspecified atom stereocenters. The van der Waals surface area contributed by atoms with Crippen molar-refractivity contribution in [1.82, 2.24) is 5.32 Å². The number of carbonyl (C=O) groups is 1. The lowest BCUT2D eigenvalue weighted by molar-refractivity contribution is -0.136. The molecule has 0 spiro atoms. The van der Waals surface area contributed by atoms with Crippen molar-refractivity contribution >= 4 is 5.91 Å². The van der Waals surface area contributed by atoms with E-state index in [0.29, 0.717) is 37.1 Å². The van der Waals surface area contributed by atoms with Gasteiger partial charge < -0.3 is 35.5 Å². The summed E-state index contributed by atoms with van der Waals surface area (Å²) in [6, 6.07) is 5.40. The average Bonchev–Trinajstić information content (AvgIpc) is 2.73. The van der Waals surface area contributed by atoms with Crippen molar-refractivity contribution in [2.45, 2.75) is 64.7 Å². The molecule has 3 atom stereocenters. The van der Waals surface area contributed by atoms with E-state index in [9.17, 15) is 15.0 Å². The minimum Gasteiger partial charge on any atom is -0.493 e. The maximum absolute atomic E-state index is 11.8. The molecule has 0 aliphatic carbocycles. The highest BCUT2D eigenvalue weighted by atomic mass is 16.5. The van der Waals surface area contributed by atoms with E-state index >= 15 is 0 Å². The lowest BCUT2D eigenvalue weighted by atomic mass is 9.83. The van der Waals surface area contributed by atoms with Gasteiger partial charge >= 0.3 is 0 Å². The molecule has 0 saturated heterocycles. The van der Waals surface area contributed by atoms with Crippen LogP contribution in [0.1, 0.15) is 46.1 Å². The Morgan fingerprint density at radius 3 is 2.44 bits per heavy atom. The Morgan fingerprint density at radius 1 is 1.19 bits per heavy atom. The predicted molar refractivity (Wildman–Crippen MR) is 125 cm³/mol. The highest BCUT2D eigenvalue weighted by Crippen LogP contribution is 2.31. The summed E-state index contributed by atoms with van der Waals surface area (Å²) in [5.41, 5.74) is 5.86. The molecule has 184 valence electrons. The van der Waals surface area contributed by atoms with E-state index in [4.69, 9.17) is 19.9 Å². The molecule has 1 rings (SSSR count). The summed E-state index contributed by atoms with van der Waals surface area (Å²) < 4.78 is 16.4. The lowest BCUT2D eigenvalue weighted by Gasteiger charge is -2.28. The zero-order valence-electron chi connectivity index (χ0n) is 20.4. The summed E-state index contributed by atoms with van der Waals surface area (Å²) in [5.74, 6) is 1.40. The molecule has 1 amide bonds. The van der Waals surface area contributed by atoms with Crippen molar-refractivity contribution in [2.75, 3.05) is 34.0 Å². The lowest BCUT2D eigenvalue weighted by Crippen LogP contribution is -2.49. The Hall–Kier alpha value is -1.87. The highest BCUT2D eigenvalue weighted by molar-refractivity contribution is 5.83. The first-order valence-corrected chi connectivity index (χ1v) is 11.2. The molecule has 0 aliphatic heterocycles. The van der Waals surface area contributed by atoms with Crippen LogP contribution in [0.4, 0.5) is 0 Å². The van der Waals surface area contributed by atoms with E-state index in [2.05, 4.69) is 19.2 Å². The van der Waals surface area contributed by atoms with E-state index < -0.39 is 23.7 Å². The normalized spacial score (nSPS) is 14.7. The standard InChI is InChI=1S/C24H42N2O6/c1-16(2)18(14-19(25)20(27)15-26-23(28)24(3,4)29)12-17-8-9-21(31-6)22(13-17)32-11-7-10-30-5/h8-9,13,16,18-20,27,29H,7,10-12,14-15,25H2,1-6H3,(H,26,28)/t18-,19-,20-/m0/s1. The fourth-order valence-electron chi connectivity index (χ4n) is 3.31. The maximum Gasteiger partial charge on any atom is 0.251 e. The third kappa shape index (κ3) is 9.73. The smallest absolute Gasteiger partial charge is 0.251 e. The molecule has 8 nitrogen and oxygen atoms in total. The van der Waals surface area contributed by atoms with Crippen molar-refractivity contribution in [3.63, 3.8) is 0 Å². The zero-order valence-corrected chi connectivity index (χ0v) is 20.4. The third-order valence-corrected chi connectivity index (χ3v) is 5.52. The van der Waals surface area contributed by atoms with Crippen LogP contribution in [-0.4, -0.2) is 67.8 Å². The number of nitrogens with one attached hydrogen (secondary N) is 1. The second-order valence-electron chi connectivity index (χ2n) is 9.12. The first-order valence-electron chi connectivity index (χ1n) is 11.2. The van der Waals surface area contributed by atoms with Gasteiger partial charge in [0.1, 0.15) is 5.60 Å². The monoisotopic (exact) mass is 454 g/mol. The van der Waals surface area contributed by atoms with Gasteiger partial charge in [-0.1, -0.05) is 19.9 Å².